The first-order valence-electron chi connectivity index (χ1n) is 5.02. The first kappa shape index (κ1) is 12.2. The Hall–Kier alpha value is -0.840. The van der Waals surface area contributed by atoms with Gasteiger partial charge in [-0.2, -0.15) is 5.10 Å². The predicted molar refractivity (Wildman–Crippen MR) is 65.1 cm³/mol. The van der Waals surface area contributed by atoms with Crippen LogP contribution in [0, 0.1) is 5.92 Å². The molecular formula is C10H16BrN3O. The van der Waals surface area contributed by atoms with E-state index in [4.69, 9.17) is 0 Å². The van der Waals surface area contributed by atoms with Crippen LogP contribution in [-0.4, -0.2) is 16.3 Å². The van der Waals surface area contributed by atoms with Gasteiger partial charge in [0.1, 0.15) is 4.47 Å². The summed E-state index contributed by atoms with van der Waals surface area (Å²) in [5.74, 6) is 0.584. The van der Waals surface area contributed by atoms with Crippen LogP contribution in [-0.2, 0) is 7.05 Å². The number of nitrogens with one attached hydrogen (secondary N) is 1. The fourth-order valence-electron chi connectivity index (χ4n) is 1.06. The van der Waals surface area contributed by atoms with Crippen LogP contribution in [0.25, 0.3) is 0 Å². The van der Waals surface area contributed by atoms with Gasteiger partial charge in [0.2, 0.25) is 0 Å². The number of hydrogen-bond donors (Lipinski definition) is 1. The van der Waals surface area contributed by atoms with Crippen molar-refractivity contribution in [2.75, 3.05) is 11.9 Å². The predicted octanol–water partition coefficient (Wildman–Crippen LogP) is 2.00. The summed E-state index contributed by atoms with van der Waals surface area (Å²) in [5.41, 5.74) is 0.641. The van der Waals surface area contributed by atoms with Crippen LogP contribution in [0.3, 0.4) is 0 Å². The molecule has 0 saturated heterocycles. The number of aromatic nitrogens is 2. The van der Waals surface area contributed by atoms with Crippen molar-refractivity contribution < 1.29 is 0 Å². The molecule has 1 atom stereocenters. The molecule has 0 amide bonds. The summed E-state index contributed by atoms with van der Waals surface area (Å²) in [4.78, 5) is 11.5. The Balaban J connectivity index is 2.79. The Kier molecular flexibility index (Phi) is 4.32. The summed E-state index contributed by atoms with van der Waals surface area (Å²) < 4.78 is 1.85. The normalized spacial score (nSPS) is 12.5. The zero-order chi connectivity index (χ0) is 11.4. The number of aryl methyl sites for hydroxylation is 1. The molecule has 0 saturated carbocycles. The minimum Gasteiger partial charge on any atom is -0.382 e. The third-order valence-electron chi connectivity index (χ3n) is 2.42. The van der Waals surface area contributed by atoms with Crippen molar-refractivity contribution >= 4 is 21.6 Å². The minimum absolute atomic E-state index is 0.121. The van der Waals surface area contributed by atoms with Crippen molar-refractivity contribution in [3.63, 3.8) is 0 Å². The maximum absolute atomic E-state index is 11.5. The zero-order valence-corrected chi connectivity index (χ0v) is 10.8. The first-order valence-corrected chi connectivity index (χ1v) is 5.81. The molecular weight excluding hydrogens is 258 g/mol. The average molecular weight is 274 g/mol. The number of anilines is 1. The van der Waals surface area contributed by atoms with E-state index in [-0.39, 0.29) is 5.56 Å². The lowest BCUT2D eigenvalue weighted by molar-refractivity contribution is 0.592. The average Bonchev–Trinajstić information content (AvgIpc) is 2.24. The molecule has 1 aromatic rings. The Morgan fingerprint density at radius 3 is 2.93 bits per heavy atom. The molecule has 1 rings (SSSR count). The van der Waals surface area contributed by atoms with Gasteiger partial charge >= 0.3 is 0 Å². The maximum atomic E-state index is 11.5. The van der Waals surface area contributed by atoms with Gasteiger partial charge in [0.15, 0.2) is 0 Å². The van der Waals surface area contributed by atoms with E-state index in [1.807, 2.05) is 0 Å². The van der Waals surface area contributed by atoms with Crippen molar-refractivity contribution in [3.8, 4) is 0 Å². The Bertz CT molecular complexity index is 389. The molecule has 0 aliphatic heterocycles. The largest absolute Gasteiger partial charge is 0.382 e. The molecule has 1 aromatic heterocycles. The van der Waals surface area contributed by atoms with Gasteiger partial charge in [-0.15, -0.1) is 0 Å². The highest BCUT2D eigenvalue weighted by molar-refractivity contribution is 9.10. The second kappa shape index (κ2) is 5.30. The quantitative estimate of drug-likeness (QED) is 0.913. The lowest BCUT2D eigenvalue weighted by atomic mass is 10.1. The highest BCUT2D eigenvalue weighted by Crippen LogP contribution is 2.16. The van der Waals surface area contributed by atoms with Gasteiger partial charge in [-0.1, -0.05) is 20.3 Å². The van der Waals surface area contributed by atoms with Gasteiger partial charge in [0.05, 0.1) is 11.9 Å². The molecule has 84 valence electrons. The van der Waals surface area contributed by atoms with Crippen LogP contribution in [0.4, 0.5) is 5.69 Å². The van der Waals surface area contributed by atoms with Crippen molar-refractivity contribution in [1.29, 1.82) is 0 Å². The van der Waals surface area contributed by atoms with Crippen LogP contribution in [0.5, 0.6) is 0 Å². The first-order chi connectivity index (χ1) is 7.06. The number of rotatable bonds is 4. The summed E-state index contributed by atoms with van der Waals surface area (Å²) >= 11 is 3.27. The summed E-state index contributed by atoms with van der Waals surface area (Å²) in [6.07, 6.45) is 2.77. The van der Waals surface area contributed by atoms with E-state index < -0.39 is 0 Å². The van der Waals surface area contributed by atoms with Crippen molar-refractivity contribution in [2.24, 2.45) is 13.0 Å². The van der Waals surface area contributed by atoms with E-state index >= 15 is 0 Å². The number of nitrogens with zero attached hydrogens (tertiary/aromatic N) is 2. The van der Waals surface area contributed by atoms with Crippen LogP contribution in [0.15, 0.2) is 15.5 Å². The van der Waals surface area contributed by atoms with Crippen LogP contribution < -0.4 is 10.9 Å². The standard InChI is InChI=1S/C10H16BrN3O/c1-4-7(2)5-12-8-6-13-14(3)10(15)9(8)11/h6-7,12H,4-5H2,1-3H3. The highest BCUT2D eigenvalue weighted by Gasteiger charge is 2.07. The maximum Gasteiger partial charge on any atom is 0.282 e. The lowest BCUT2D eigenvalue weighted by Crippen LogP contribution is -2.22. The smallest absolute Gasteiger partial charge is 0.282 e. The topological polar surface area (TPSA) is 46.9 Å². The monoisotopic (exact) mass is 273 g/mol. The molecule has 1 unspecified atom stereocenters. The van der Waals surface area contributed by atoms with Gasteiger partial charge in [-0.25, -0.2) is 4.68 Å². The minimum atomic E-state index is -0.121. The SMILES string of the molecule is CCC(C)CNc1cnn(C)c(=O)c1Br. The third-order valence-corrected chi connectivity index (χ3v) is 3.18. The third kappa shape index (κ3) is 3.06. The number of halogens is 1. The zero-order valence-electron chi connectivity index (χ0n) is 9.25. The molecule has 0 spiro atoms. The van der Waals surface area contributed by atoms with Crippen LogP contribution in [0.1, 0.15) is 20.3 Å². The van der Waals surface area contributed by atoms with E-state index in [1.54, 1.807) is 13.2 Å². The van der Waals surface area contributed by atoms with Gasteiger partial charge in [0.25, 0.3) is 5.56 Å². The highest BCUT2D eigenvalue weighted by atomic mass is 79.9. The molecule has 1 N–H and O–H groups in total. The Labute approximate surface area is 97.8 Å². The number of hydrogen-bond acceptors (Lipinski definition) is 3. The lowest BCUT2D eigenvalue weighted by Gasteiger charge is -2.12. The Morgan fingerprint density at radius 1 is 1.67 bits per heavy atom. The van der Waals surface area contributed by atoms with Gasteiger partial charge in [-0.05, 0) is 21.8 Å². The molecule has 0 aromatic carbocycles. The fraction of sp³-hybridized carbons (Fsp3) is 0.600. The van der Waals surface area contributed by atoms with Crippen molar-refractivity contribution in [3.05, 3.63) is 21.0 Å². The van der Waals surface area contributed by atoms with Crippen molar-refractivity contribution in [1.82, 2.24) is 9.78 Å². The molecule has 0 fully saturated rings. The molecule has 0 radical (unpaired) electrons. The molecule has 15 heavy (non-hydrogen) atoms. The Morgan fingerprint density at radius 2 is 2.33 bits per heavy atom. The van der Waals surface area contributed by atoms with Gasteiger partial charge in [0, 0.05) is 13.6 Å². The van der Waals surface area contributed by atoms with Gasteiger partial charge < -0.3 is 5.32 Å². The summed E-state index contributed by atoms with van der Waals surface area (Å²) in [7, 11) is 1.63. The van der Waals surface area contributed by atoms with E-state index in [1.165, 1.54) is 4.68 Å². The van der Waals surface area contributed by atoms with E-state index in [2.05, 4.69) is 40.2 Å². The molecule has 0 aliphatic rings. The summed E-state index contributed by atoms with van der Waals surface area (Å²) in [5, 5.41) is 7.16. The molecule has 1 heterocycles. The van der Waals surface area contributed by atoms with Crippen LogP contribution >= 0.6 is 15.9 Å². The molecule has 0 bridgehead atoms. The second-order valence-electron chi connectivity index (χ2n) is 3.70. The van der Waals surface area contributed by atoms with E-state index in [9.17, 15) is 4.79 Å². The summed E-state index contributed by atoms with van der Waals surface area (Å²) in [6, 6.07) is 0. The van der Waals surface area contributed by atoms with E-state index in [0.717, 1.165) is 18.7 Å². The second-order valence-corrected chi connectivity index (χ2v) is 4.49. The van der Waals surface area contributed by atoms with Gasteiger partial charge in [-0.3, -0.25) is 4.79 Å². The molecule has 0 aliphatic carbocycles. The molecule has 4 nitrogen and oxygen atoms in total. The summed E-state index contributed by atoms with van der Waals surface area (Å²) in [6.45, 7) is 5.16. The molecule has 5 heteroatoms. The van der Waals surface area contributed by atoms with Crippen LogP contribution in [0.2, 0.25) is 0 Å². The fourth-order valence-corrected chi connectivity index (χ4v) is 1.56. The van der Waals surface area contributed by atoms with E-state index in [0.29, 0.717) is 10.4 Å². The van der Waals surface area contributed by atoms with Crippen molar-refractivity contribution in [2.45, 2.75) is 20.3 Å².